The highest BCUT2D eigenvalue weighted by atomic mass is 32.2. The van der Waals surface area contributed by atoms with Crippen LogP contribution in [-0.4, -0.2) is 22.0 Å². The summed E-state index contributed by atoms with van der Waals surface area (Å²) in [5.74, 6) is 0. The van der Waals surface area contributed by atoms with Crippen molar-refractivity contribution in [3.05, 3.63) is 24.3 Å². The van der Waals surface area contributed by atoms with E-state index >= 15 is 0 Å². The monoisotopic (exact) mass is 242 g/mol. The molecule has 1 aromatic carbocycles. The van der Waals surface area contributed by atoms with E-state index in [1.54, 1.807) is 18.2 Å². The number of unbranched alkanes of at least 4 members (excludes halogenated alkanes) is 1. The third-order valence-corrected chi connectivity index (χ3v) is 3.68. The van der Waals surface area contributed by atoms with Gasteiger partial charge in [-0.3, -0.25) is 0 Å². The van der Waals surface area contributed by atoms with Crippen molar-refractivity contribution in [3.63, 3.8) is 0 Å². The summed E-state index contributed by atoms with van der Waals surface area (Å²) >= 11 is 0. The lowest BCUT2D eigenvalue weighted by molar-refractivity contribution is 0.588. The first kappa shape index (κ1) is 13.0. The highest BCUT2D eigenvalue weighted by Gasteiger charge is 2.10. The van der Waals surface area contributed by atoms with Crippen LogP contribution in [0.25, 0.3) is 0 Å². The number of hydrogen-bond acceptors (Lipinski definition) is 3. The average molecular weight is 242 g/mol. The van der Waals surface area contributed by atoms with Gasteiger partial charge in [0.05, 0.1) is 4.90 Å². The molecule has 0 aliphatic heterocycles. The van der Waals surface area contributed by atoms with Crippen molar-refractivity contribution in [1.82, 2.24) is 4.72 Å². The molecule has 0 radical (unpaired) electrons. The van der Waals surface area contributed by atoms with Gasteiger partial charge in [0.15, 0.2) is 0 Å². The molecule has 0 aliphatic carbocycles. The molecule has 4 nitrogen and oxygen atoms in total. The Kier molecular flexibility index (Phi) is 4.76. The van der Waals surface area contributed by atoms with Crippen molar-refractivity contribution in [3.8, 4) is 0 Å². The molecule has 0 aromatic heterocycles. The van der Waals surface area contributed by atoms with E-state index in [0.29, 0.717) is 0 Å². The molecular weight excluding hydrogens is 224 g/mol. The summed E-state index contributed by atoms with van der Waals surface area (Å²) in [5.41, 5.74) is 0.838. The predicted octanol–water partition coefficient (Wildman–Crippen LogP) is 1.81. The van der Waals surface area contributed by atoms with Crippen LogP contribution in [0.15, 0.2) is 29.2 Å². The van der Waals surface area contributed by atoms with Crippen molar-refractivity contribution in [2.45, 2.75) is 24.7 Å². The zero-order chi connectivity index (χ0) is 12.0. The van der Waals surface area contributed by atoms with Crippen LogP contribution in [0.3, 0.4) is 0 Å². The van der Waals surface area contributed by atoms with Crippen LogP contribution < -0.4 is 10.0 Å². The smallest absolute Gasteiger partial charge is 0.240 e. The second-order valence-electron chi connectivity index (χ2n) is 3.52. The van der Waals surface area contributed by atoms with Gasteiger partial charge in [-0.15, -0.1) is 0 Å². The van der Waals surface area contributed by atoms with Crippen molar-refractivity contribution in [2.24, 2.45) is 0 Å². The molecule has 16 heavy (non-hydrogen) atoms. The molecule has 0 aliphatic rings. The van der Waals surface area contributed by atoms with E-state index in [-0.39, 0.29) is 4.90 Å². The molecule has 0 spiro atoms. The summed E-state index contributed by atoms with van der Waals surface area (Å²) < 4.78 is 25.4. The zero-order valence-corrected chi connectivity index (χ0v) is 10.5. The quantitative estimate of drug-likeness (QED) is 0.748. The first-order chi connectivity index (χ1) is 7.60. The van der Waals surface area contributed by atoms with E-state index in [1.165, 1.54) is 7.05 Å². The molecule has 0 fully saturated rings. The SMILES string of the molecule is CCCCNc1cccc(S(=O)(=O)NC)c1. The van der Waals surface area contributed by atoms with Gasteiger partial charge in [-0.25, -0.2) is 13.1 Å². The number of nitrogens with one attached hydrogen (secondary N) is 2. The topological polar surface area (TPSA) is 58.2 Å². The van der Waals surface area contributed by atoms with E-state index in [9.17, 15) is 8.42 Å². The number of sulfonamides is 1. The van der Waals surface area contributed by atoms with E-state index in [0.717, 1.165) is 25.1 Å². The standard InChI is InChI=1S/C11H18N2O2S/c1-3-4-8-13-10-6-5-7-11(9-10)16(14,15)12-2/h5-7,9,12-13H,3-4,8H2,1-2H3. The lowest BCUT2D eigenvalue weighted by Gasteiger charge is -2.07. The van der Waals surface area contributed by atoms with Crippen LogP contribution >= 0.6 is 0 Å². The van der Waals surface area contributed by atoms with Crippen LogP contribution in [0.1, 0.15) is 19.8 Å². The number of rotatable bonds is 6. The maximum Gasteiger partial charge on any atom is 0.240 e. The third kappa shape index (κ3) is 3.50. The minimum absolute atomic E-state index is 0.288. The Morgan fingerprint density at radius 1 is 1.31 bits per heavy atom. The van der Waals surface area contributed by atoms with Gasteiger partial charge in [-0.1, -0.05) is 19.4 Å². The number of hydrogen-bond donors (Lipinski definition) is 2. The van der Waals surface area contributed by atoms with E-state index < -0.39 is 10.0 Å². The lowest BCUT2D eigenvalue weighted by atomic mass is 10.3. The third-order valence-electron chi connectivity index (χ3n) is 2.27. The molecule has 0 saturated carbocycles. The van der Waals surface area contributed by atoms with Gasteiger partial charge in [0.25, 0.3) is 0 Å². The van der Waals surface area contributed by atoms with Gasteiger partial charge in [-0.05, 0) is 31.7 Å². The average Bonchev–Trinajstić information content (AvgIpc) is 2.30. The Bertz CT molecular complexity index is 429. The highest BCUT2D eigenvalue weighted by molar-refractivity contribution is 7.89. The Hall–Kier alpha value is -1.07. The zero-order valence-electron chi connectivity index (χ0n) is 9.66. The molecule has 0 unspecified atom stereocenters. The second-order valence-corrected chi connectivity index (χ2v) is 5.40. The Labute approximate surface area is 97.1 Å². The molecule has 1 aromatic rings. The summed E-state index contributed by atoms with van der Waals surface area (Å²) in [5, 5.41) is 3.19. The van der Waals surface area contributed by atoms with Crippen LogP contribution in [0.5, 0.6) is 0 Å². The normalized spacial score (nSPS) is 11.4. The van der Waals surface area contributed by atoms with Gasteiger partial charge in [0.1, 0.15) is 0 Å². The number of anilines is 1. The molecule has 0 heterocycles. The van der Waals surface area contributed by atoms with Gasteiger partial charge in [0, 0.05) is 12.2 Å². The van der Waals surface area contributed by atoms with Gasteiger partial charge >= 0.3 is 0 Å². The first-order valence-corrected chi connectivity index (χ1v) is 6.86. The summed E-state index contributed by atoms with van der Waals surface area (Å²) in [6, 6.07) is 6.82. The fourth-order valence-electron chi connectivity index (χ4n) is 1.30. The Balaban J connectivity index is 2.79. The maximum atomic E-state index is 11.5. The predicted molar refractivity (Wildman–Crippen MR) is 66.1 cm³/mol. The molecule has 0 amide bonds. The van der Waals surface area contributed by atoms with E-state index in [4.69, 9.17) is 0 Å². The van der Waals surface area contributed by atoms with Gasteiger partial charge in [-0.2, -0.15) is 0 Å². The second kappa shape index (κ2) is 5.86. The first-order valence-electron chi connectivity index (χ1n) is 5.37. The van der Waals surface area contributed by atoms with Crippen LogP contribution in [0.2, 0.25) is 0 Å². The van der Waals surface area contributed by atoms with Crippen molar-refractivity contribution < 1.29 is 8.42 Å². The lowest BCUT2D eigenvalue weighted by Crippen LogP contribution is -2.18. The summed E-state index contributed by atoms with van der Waals surface area (Å²) in [6.07, 6.45) is 2.19. The molecular formula is C11H18N2O2S. The van der Waals surface area contributed by atoms with Crippen LogP contribution in [0, 0.1) is 0 Å². The van der Waals surface area contributed by atoms with Crippen molar-refractivity contribution in [2.75, 3.05) is 18.9 Å². The maximum absolute atomic E-state index is 11.5. The fraction of sp³-hybridized carbons (Fsp3) is 0.455. The summed E-state index contributed by atoms with van der Waals surface area (Å²) in [7, 11) is -1.93. The summed E-state index contributed by atoms with van der Waals surface area (Å²) in [6.45, 7) is 2.98. The highest BCUT2D eigenvalue weighted by Crippen LogP contribution is 2.14. The molecule has 5 heteroatoms. The largest absolute Gasteiger partial charge is 0.385 e. The van der Waals surface area contributed by atoms with Crippen LogP contribution in [-0.2, 0) is 10.0 Å². The van der Waals surface area contributed by atoms with Crippen molar-refractivity contribution in [1.29, 1.82) is 0 Å². The molecule has 0 saturated heterocycles. The minimum atomic E-state index is -3.34. The van der Waals surface area contributed by atoms with Gasteiger partial charge in [0.2, 0.25) is 10.0 Å². The minimum Gasteiger partial charge on any atom is -0.385 e. The number of benzene rings is 1. The van der Waals surface area contributed by atoms with Gasteiger partial charge < -0.3 is 5.32 Å². The molecule has 90 valence electrons. The molecule has 0 atom stereocenters. The van der Waals surface area contributed by atoms with Crippen LogP contribution in [0.4, 0.5) is 5.69 Å². The van der Waals surface area contributed by atoms with E-state index in [1.807, 2.05) is 6.07 Å². The molecule has 0 bridgehead atoms. The van der Waals surface area contributed by atoms with E-state index in [2.05, 4.69) is 17.0 Å². The Morgan fingerprint density at radius 2 is 2.06 bits per heavy atom. The molecule has 1 rings (SSSR count). The fourth-order valence-corrected chi connectivity index (χ4v) is 2.08. The Morgan fingerprint density at radius 3 is 2.69 bits per heavy atom. The molecule has 2 N–H and O–H groups in total. The summed E-state index contributed by atoms with van der Waals surface area (Å²) in [4.78, 5) is 0.288. The van der Waals surface area contributed by atoms with Crippen molar-refractivity contribution >= 4 is 15.7 Å².